The molecule has 92 valence electrons. The van der Waals surface area contributed by atoms with E-state index in [4.69, 9.17) is 18.0 Å². The predicted molar refractivity (Wildman–Crippen MR) is 76.0 cm³/mol. The number of nitrogens with two attached hydrogens (primary N) is 1. The minimum Gasteiger partial charge on any atom is -0.393 e. The fourth-order valence-corrected chi connectivity index (χ4v) is 2.59. The van der Waals surface area contributed by atoms with E-state index in [9.17, 15) is 0 Å². The van der Waals surface area contributed by atoms with Crippen molar-refractivity contribution in [1.29, 1.82) is 0 Å². The van der Waals surface area contributed by atoms with Gasteiger partial charge in [-0.25, -0.2) is 0 Å². The summed E-state index contributed by atoms with van der Waals surface area (Å²) < 4.78 is 0. The third-order valence-electron chi connectivity index (χ3n) is 3.36. The first-order valence-corrected chi connectivity index (χ1v) is 6.72. The SMILES string of the molecule is CCN(C1CC1)C(CC(N)=S)c1ccccc1. The molecule has 1 aliphatic rings. The van der Waals surface area contributed by atoms with Crippen molar-refractivity contribution in [2.45, 2.75) is 38.3 Å². The van der Waals surface area contributed by atoms with Crippen LogP contribution in [0.2, 0.25) is 0 Å². The van der Waals surface area contributed by atoms with Crippen LogP contribution >= 0.6 is 12.2 Å². The molecule has 2 nitrogen and oxygen atoms in total. The lowest BCUT2D eigenvalue weighted by Gasteiger charge is -2.31. The molecule has 17 heavy (non-hydrogen) atoms. The molecule has 2 rings (SSSR count). The number of thiocarbonyl (C=S) groups is 1. The Kier molecular flexibility index (Phi) is 4.13. The molecule has 1 atom stereocenters. The summed E-state index contributed by atoms with van der Waals surface area (Å²) in [5.41, 5.74) is 7.08. The Bertz CT molecular complexity index is 373. The van der Waals surface area contributed by atoms with Crippen molar-refractivity contribution in [2.75, 3.05) is 6.54 Å². The molecule has 1 aromatic rings. The largest absolute Gasteiger partial charge is 0.393 e. The first-order valence-electron chi connectivity index (χ1n) is 6.31. The molecule has 0 aromatic heterocycles. The van der Waals surface area contributed by atoms with Gasteiger partial charge in [0.15, 0.2) is 0 Å². The van der Waals surface area contributed by atoms with Gasteiger partial charge in [0.1, 0.15) is 0 Å². The molecule has 0 bridgehead atoms. The average Bonchev–Trinajstić information content (AvgIpc) is 3.14. The van der Waals surface area contributed by atoms with E-state index in [1.165, 1.54) is 18.4 Å². The summed E-state index contributed by atoms with van der Waals surface area (Å²) in [6, 6.07) is 11.7. The van der Waals surface area contributed by atoms with Gasteiger partial charge in [-0.05, 0) is 24.9 Å². The third kappa shape index (κ3) is 3.27. The Balaban J connectivity index is 2.20. The summed E-state index contributed by atoms with van der Waals surface area (Å²) in [5.74, 6) is 0. The topological polar surface area (TPSA) is 29.3 Å². The number of rotatable bonds is 6. The lowest BCUT2D eigenvalue weighted by Crippen LogP contribution is -2.33. The number of hydrogen-bond acceptors (Lipinski definition) is 2. The van der Waals surface area contributed by atoms with E-state index in [-0.39, 0.29) is 0 Å². The summed E-state index contributed by atoms with van der Waals surface area (Å²) in [6.07, 6.45) is 3.41. The molecule has 1 fully saturated rings. The minimum absolute atomic E-state index is 0.353. The van der Waals surface area contributed by atoms with E-state index >= 15 is 0 Å². The Labute approximate surface area is 109 Å². The summed E-state index contributed by atoms with van der Waals surface area (Å²) >= 11 is 5.10. The van der Waals surface area contributed by atoms with Crippen LogP contribution in [0.4, 0.5) is 0 Å². The number of hydrogen-bond donors (Lipinski definition) is 1. The van der Waals surface area contributed by atoms with Crippen LogP contribution in [-0.4, -0.2) is 22.5 Å². The van der Waals surface area contributed by atoms with Gasteiger partial charge in [-0.3, -0.25) is 4.90 Å². The summed E-state index contributed by atoms with van der Waals surface area (Å²) in [6.45, 7) is 3.28. The maximum atomic E-state index is 5.75. The zero-order chi connectivity index (χ0) is 12.3. The van der Waals surface area contributed by atoms with Crippen molar-refractivity contribution in [3.8, 4) is 0 Å². The van der Waals surface area contributed by atoms with Crippen LogP contribution in [0.3, 0.4) is 0 Å². The van der Waals surface area contributed by atoms with Crippen LogP contribution in [-0.2, 0) is 0 Å². The van der Waals surface area contributed by atoms with Gasteiger partial charge in [0.25, 0.3) is 0 Å². The van der Waals surface area contributed by atoms with Crippen molar-refractivity contribution in [2.24, 2.45) is 5.73 Å². The van der Waals surface area contributed by atoms with E-state index in [2.05, 4.69) is 42.2 Å². The highest BCUT2D eigenvalue weighted by Crippen LogP contribution is 2.35. The molecule has 1 aliphatic carbocycles. The van der Waals surface area contributed by atoms with E-state index in [1.807, 2.05) is 0 Å². The van der Waals surface area contributed by atoms with E-state index < -0.39 is 0 Å². The molecule has 2 N–H and O–H groups in total. The van der Waals surface area contributed by atoms with Gasteiger partial charge < -0.3 is 5.73 Å². The van der Waals surface area contributed by atoms with Crippen LogP contribution in [0.5, 0.6) is 0 Å². The van der Waals surface area contributed by atoms with Crippen LogP contribution in [0.15, 0.2) is 30.3 Å². The summed E-state index contributed by atoms with van der Waals surface area (Å²) in [5, 5.41) is 0. The molecular formula is C14H20N2S. The Morgan fingerprint density at radius 3 is 2.53 bits per heavy atom. The fourth-order valence-electron chi connectivity index (χ4n) is 2.43. The lowest BCUT2D eigenvalue weighted by molar-refractivity contribution is 0.202. The first kappa shape index (κ1) is 12.5. The van der Waals surface area contributed by atoms with E-state index in [0.29, 0.717) is 11.0 Å². The van der Waals surface area contributed by atoms with Crippen molar-refractivity contribution in [1.82, 2.24) is 4.90 Å². The second-order valence-corrected chi connectivity index (χ2v) is 5.18. The highest BCUT2D eigenvalue weighted by Gasteiger charge is 2.33. The summed E-state index contributed by atoms with van der Waals surface area (Å²) in [7, 11) is 0. The monoisotopic (exact) mass is 248 g/mol. The van der Waals surface area contributed by atoms with Gasteiger partial charge in [-0.1, -0.05) is 49.5 Å². The van der Waals surface area contributed by atoms with Gasteiger partial charge in [-0.2, -0.15) is 0 Å². The minimum atomic E-state index is 0.353. The van der Waals surface area contributed by atoms with Crippen LogP contribution in [0.25, 0.3) is 0 Å². The molecule has 3 heteroatoms. The Hall–Kier alpha value is -0.930. The molecule has 0 amide bonds. The van der Waals surface area contributed by atoms with Crippen molar-refractivity contribution >= 4 is 17.2 Å². The van der Waals surface area contributed by atoms with Crippen LogP contribution in [0.1, 0.15) is 37.8 Å². The van der Waals surface area contributed by atoms with E-state index in [1.54, 1.807) is 0 Å². The third-order valence-corrected chi connectivity index (χ3v) is 3.53. The molecule has 1 saturated carbocycles. The molecule has 1 aromatic carbocycles. The standard InChI is InChI=1S/C14H20N2S/c1-2-16(12-8-9-12)13(10-14(15)17)11-6-4-3-5-7-11/h3-7,12-13H,2,8-10H2,1H3,(H2,15,17). The normalized spacial score (nSPS) is 17.1. The predicted octanol–water partition coefficient (Wildman–Crippen LogP) is 2.89. The van der Waals surface area contributed by atoms with Crippen molar-refractivity contribution < 1.29 is 0 Å². The molecule has 0 spiro atoms. The maximum absolute atomic E-state index is 5.75. The zero-order valence-corrected chi connectivity index (χ0v) is 11.1. The van der Waals surface area contributed by atoms with Gasteiger partial charge in [-0.15, -0.1) is 0 Å². The fraction of sp³-hybridized carbons (Fsp3) is 0.500. The molecule has 0 aliphatic heterocycles. The van der Waals surface area contributed by atoms with Crippen LogP contribution in [0, 0.1) is 0 Å². The van der Waals surface area contributed by atoms with Crippen molar-refractivity contribution in [3.05, 3.63) is 35.9 Å². The highest BCUT2D eigenvalue weighted by atomic mass is 32.1. The Morgan fingerprint density at radius 2 is 2.06 bits per heavy atom. The second-order valence-electron chi connectivity index (χ2n) is 4.66. The zero-order valence-electron chi connectivity index (χ0n) is 10.3. The maximum Gasteiger partial charge on any atom is 0.0746 e. The quantitative estimate of drug-likeness (QED) is 0.785. The first-order chi connectivity index (χ1) is 8.22. The Morgan fingerprint density at radius 1 is 1.41 bits per heavy atom. The van der Waals surface area contributed by atoms with Crippen molar-refractivity contribution in [3.63, 3.8) is 0 Å². The van der Waals surface area contributed by atoms with Crippen LogP contribution < -0.4 is 5.73 Å². The van der Waals surface area contributed by atoms with E-state index in [0.717, 1.165) is 19.0 Å². The second kappa shape index (κ2) is 5.61. The number of nitrogens with zero attached hydrogens (tertiary/aromatic N) is 1. The van der Waals surface area contributed by atoms with Gasteiger partial charge >= 0.3 is 0 Å². The molecule has 0 saturated heterocycles. The smallest absolute Gasteiger partial charge is 0.0746 e. The lowest BCUT2D eigenvalue weighted by atomic mass is 10.0. The van der Waals surface area contributed by atoms with Gasteiger partial charge in [0.05, 0.1) is 4.99 Å². The van der Waals surface area contributed by atoms with Gasteiger partial charge in [0.2, 0.25) is 0 Å². The molecule has 0 radical (unpaired) electrons. The summed E-state index contributed by atoms with van der Waals surface area (Å²) in [4.78, 5) is 3.15. The molecular weight excluding hydrogens is 228 g/mol. The highest BCUT2D eigenvalue weighted by molar-refractivity contribution is 7.80. The molecule has 0 heterocycles. The number of benzene rings is 1. The average molecular weight is 248 g/mol. The molecule has 1 unspecified atom stereocenters. The van der Waals surface area contributed by atoms with Gasteiger partial charge in [0, 0.05) is 18.5 Å².